The topological polar surface area (TPSA) is 90.4 Å². The van der Waals surface area contributed by atoms with Crippen LogP contribution in [0.25, 0.3) is 0 Å². The lowest BCUT2D eigenvalue weighted by atomic mass is 9.46. The van der Waals surface area contributed by atoms with Gasteiger partial charge in [-0.1, -0.05) is 19.0 Å². The van der Waals surface area contributed by atoms with E-state index < -0.39 is 5.54 Å². The fourth-order valence-electron chi connectivity index (χ4n) is 3.85. The summed E-state index contributed by atoms with van der Waals surface area (Å²) >= 11 is 0. The molecule has 1 aromatic rings. The quantitative estimate of drug-likeness (QED) is 0.872. The molecule has 1 aliphatic heterocycles. The van der Waals surface area contributed by atoms with Crippen molar-refractivity contribution in [2.45, 2.75) is 51.8 Å². The molecule has 2 fully saturated rings. The third-order valence-corrected chi connectivity index (χ3v) is 5.16. The first kappa shape index (κ1) is 14.5. The lowest BCUT2D eigenvalue weighted by Gasteiger charge is -2.65. The Labute approximate surface area is 124 Å². The second kappa shape index (κ2) is 4.81. The SMILES string of the molecule is Cc1cc(CNC(=O)C2(N)C3CCCOC3C2(C)C)on1. The van der Waals surface area contributed by atoms with Gasteiger partial charge in [0.25, 0.3) is 0 Å². The van der Waals surface area contributed by atoms with Gasteiger partial charge >= 0.3 is 0 Å². The minimum atomic E-state index is -0.882. The molecule has 2 heterocycles. The van der Waals surface area contributed by atoms with Crippen LogP contribution in [0.3, 0.4) is 0 Å². The van der Waals surface area contributed by atoms with Gasteiger partial charge in [-0.3, -0.25) is 4.79 Å². The highest BCUT2D eigenvalue weighted by atomic mass is 16.5. The van der Waals surface area contributed by atoms with Gasteiger partial charge in [0.15, 0.2) is 5.76 Å². The summed E-state index contributed by atoms with van der Waals surface area (Å²) in [6, 6.07) is 1.81. The second-order valence-corrected chi connectivity index (χ2v) is 6.75. The number of ether oxygens (including phenoxy) is 1. The Kier molecular flexibility index (Phi) is 3.33. The second-order valence-electron chi connectivity index (χ2n) is 6.75. The summed E-state index contributed by atoms with van der Waals surface area (Å²) in [5.41, 5.74) is 6.06. The van der Waals surface area contributed by atoms with Gasteiger partial charge in [0, 0.05) is 24.0 Å². The Bertz CT molecular complexity index is 554. The number of aryl methyl sites for hydroxylation is 1. The summed E-state index contributed by atoms with van der Waals surface area (Å²) in [4.78, 5) is 12.6. The zero-order valence-electron chi connectivity index (χ0n) is 12.8. The zero-order chi connectivity index (χ0) is 15.3. The van der Waals surface area contributed by atoms with E-state index in [0.717, 1.165) is 25.1 Å². The highest BCUT2D eigenvalue weighted by molar-refractivity contribution is 5.89. The number of carbonyl (C=O) groups is 1. The van der Waals surface area contributed by atoms with E-state index in [2.05, 4.69) is 10.5 Å². The summed E-state index contributed by atoms with van der Waals surface area (Å²) in [6.45, 7) is 6.94. The highest BCUT2D eigenvalue weighted by Gasteiger charge is 2.70. The van der Waals surface area contributed by atoms with E-state index in [4.69, 9.17) is 15.0 Å². The van der Waals surface area contributed by atoms with Gasteiger partial charge in [0.2, 0.25) is 5.91 Å². The standard InChI is InChI=1S/C15H23N3O3/c1-9-7-10(21-18-9)8-17-13(19)15(16)11-5-4-6-20-12(11)14(15,2)3/h7,11-12H,4-6,8,16H2,1-3H3,(H,17,19). The molecule has 21 heavy (non-hydrogen) atoms. The third-order valence-electron chi connectivity index (χ3n) is 5.16. The number of hydrogen-bond acceptors (Lipinski definition) is 5. The van der Waals surface area contributed by atoms with Gasteiger partial charge in [-0.25, -0.2) is 0 Å². The van der Waals surface area contributed by atoms with E-state index in [0.29, 0.717) is 12.3 Å². The van der Waals surface area contributed by atoms with Crippen molar-refractivity contribution >= 4 is 5.91 Å². The maximum atomic E-state index is 12.6. The Balaban J connectivity index is 1.70. The molecule has 1 amide bonds. The minimum Gasteiger partial charge on any atom is -0.377 e. The molecule has 1 saturated carbocycles. The number of hydrogen-bond donors (Lipinski definition) is 2. The average Bonchev–Trinajstić information content (AvgIpc) is 2.89. The van der Waals surface area contributed by atoms with Crippen LogP contribution in [0.2, 0.25) is 0 Å². The number of fused-ring (bicyclic) bond motifs is 1. The molecule has 0 bridgehead atoms. The number of nitrogens with zero attached hydrogens (tertiary/aromatic N) is 1. The highest BCUT2D eigenvalue weighted by Crippen LogP contribution is 2.57. The van der Waals surface area contributed by atoms with Crippen LogP contribution < -0.4 is 11.1 Å². The Morgan fingerprint density at radius 3 is 3.00 bits per heavy atom. The van der Waals surface area contributed by atoms with Gasteiger partial charge in [-0.05, 0) is 19.8 Å². The van der Waals surface area contributed by atoms with E-state index in [1.54, 1.807) is 0 Å². The first-order valence-electron chi connectivity index (χ1n) is 7.48. The molecule has 0 radical (unpaired) electrons. The van der Waals surface area contributed by atoms with Crippen LogP contribution in [0.4, 0.5) is 0 Å². The third kappa shape index (κ3) is 2.00. The molecule has 3 N–H and O–H groups in total. The molecule has 1 aromatic heterocycles. The molecule has 3 unspecified atom stereocenters. The van der Waals surface area contributed by atoms with E-state index in [9.17, 15) is 4.79 Å². The molecule has 0 aromatic carbocycles. The number of carbonyl (C=O) groups excluding carboxylic acids is 1. The van der Waals surface area contributed by atoms with Crippen molar-refractivity contribution in [2.24, 2.45) is 17.1 Å². The van der Waals surface area contributed by atoms with E-state index in [1.165, 1.54) is 0 Å². The predicted octanol–water partition coefficient (Wildman–Crippen LogP) is 1.13. The van der Waals surface area contributed by atoms with Crippen molar-refractivity contribution in [3.8, 4) is 0 Å². The predicted molar refractivity (Wildman–Crippen MR) is 76.3 cm³/mol. The molecule has 116 valence electrons. The van der Waals surface area contributed by atoms with Crippen LogP contribution in [-0.2, 0) is 16.1 Å². The monoisotopic (exact) mass is 293 g/mol. The number of nitrogens with one attached hydrogen (secondary N) is 1. The molecule has 3 atom stereocenters. The molecule has 6 nitrogen and oxygen atoms in total. The zero-order valence-corrected chi connectivity index (χ0v) is 12.8. The van der Waals surface area contributed by atoms with E-state index >= 15 is 0 Å². The minimum absolute atomic E-state index is 0.0783. The summed E-state index contributed by atoms with van der Waals surface area (Å²) in [5, 5.41) is 6.70. The van der Waals surface area contributed by atoms with E-state index in [1.807, 2.05) is 26.8 Å². The largest absolute Gasteiger partial charge is 0.377 e. The first-order valence-corrected chi connectivity index (χ1v) is 7.48. The van der Waals surface area contributed by atoms with Crippen molar-refractivity contribution in [3.63, 3.8) is 0 Å². The number of aromatic nitrogens is 1. The van der Waals surface area contributed by atoms with Crippen LogP contribution in [0, 0.1) is 18.3 Å². The molecule has 1 saturated heterocycles. The van der Waals surface area contributed by atoms with Crippen molar-refractivity contribution in [3.05, 3.63) is 17.5 Å². The molecule has 2 aliphatic rings. The Hall–Kier alpha value is -1.40. The van der Waals surface area contributed by atoms with Gasteiger partial charge < -0.3 is 20.3 Å². The smallest absolute Gasteiger partial charge is 0.241 e. The van der Waals surface area contributed by atoms with Crippen LogP contribution >= 0.6 is 0 Å². The van der Waals surface area contributed by atoms with Gasteiger partial charge in [-0.2, -0.15) is 0 Å². The fraction of sp³-hybridized carbons (Fsp3) is 0.733. The number of amides is 1. The number of nitrogens with two attached hydrogens (primary N) is 1. The van der Waals surface area contributed by atoms with Crippen LogP contribution in [-0.4, -0.2) is 29.3 Å². The Morgan fingerprint density at radius 1 is 1.57 bits per heavy atom. The van der Waals surface area contributed by atoms with Crippen molar-refractivity contribution < 1.29 is 14.1 Å². The molecular weight excluding hydrogens is 270 g/mol. The Morgan fingerprint density at radius 2 is 2.33 bits per heavy atom. The lowest BCUT2D eigenvalue weighted by molar-refractivity contribution is -0.225. The maximum Gasteiger partial charge on any atom is 0.241 e. The average molecular weight is 293 g/mol. The van der Waals surface area contributed by atoms with Crippen LogP contribution in [0.1, 0.15) is 38.1 Å². The van der Waals surface area contributed by atoms with Crippen LogP contribution in [0.15, 0.2) is 10.6 Å². The maximum absolute atomic E-state index is 12.6. The van der Waals surface area contributed by atoms with Crippen molar-refractivity contribution in [1.82, 2.24) is 10.5 Å². The molecule has 0 spiro atoms. The van der Waals surface area contributed by atoms with Crippen LogP contribution in [0.5, 0.6) is 0 Å². The fourth-order valence-corrected chi connectivity index (χ4v) is 3.85. The first-order chi connectivity index (χ1) is 9.87. The molecule has 3 rings (SSSR count). The summed E-state index contributed by atoms with van der Waals surface area (Å²) in [6.07, 6.45) is 1.99. The lowest BCUT2D eigenvalue weighted by Crippen LogP contribution is -2.82. The molecule has 1 aliphatic carbocycles. The van der Waals surface area contributed by atoms with Crippen molar-refractivity contribution in [1.29, 1.82) is 0 Å². The number of rotatable bonds is 3. The normalized spacial score (nSPS) is 33.9. The van der Waals surface area contributed by atoms with Gasteiger partial charge in [0.1, 0.15) is 5.54 Å². The van der Waals surface area contributed by atoms with E-state index in [-0.39, 0.29) is 23.3 Å². The van der Waals surface area contributed by atoms with Crippen molar-refractivity contribution in [2.75, 3.05) is 6.61 Å². The van der Waals surface area contributed by atoms with Gasteiger partial charge in [0.05, 0.1) is 18.3 Å². The van der Waals surface area contributed by atoms with Gasteiger partial charge in [-0.15, -0.1) is 0 Å². The summed E-state index contributed by atoms with van der Waals surface area (Å²) < 4.78 is 10.9. The summed E-state index contributed by atoms with van der Waals surface area (Å²) in [5.74, 6) is 0.601. The summed E-state index contributed by atoms with van der Waals surface area (Å²) in [7, 11) is 0. The molecular formula is C15H23N3O3. The molecule has 6 heteroatoms.